The summed E-state index contributed by atoms with van der Waals surface area (Å²) in [5.41, 5.74) is 4.12. The minimum atomic E-state index is -0.376. The first-order chi connectivity index (χ1) is 12.6. The lowest BCUT2D eigenvalue weighted by Gasteiger charge is -2.41. The molecule has 0 spiro atoms. The van der Waals surface area contributed by atoms with Crippen LogP contribution >= 0.6 is 0 Å². The van der Waals surface area contributed by atoms with Crippen LogP contribution in [-0.4, -0.2) is 23.6 Å². The molecule has 4 nitrogen and oxygen atoms in total. The van der Waals surface area contributed by atoms with Gasteiger partial charge in [0.15, 0.2) is 0 Å². The van der Waals surface area contributed by atoms with Crippen molar-refractivity contribution < 1.29 is 14.3 Å². The van der Waals surface area contributed by atoms with Crippen LogP contribution in [0.4, 0.5) is 0 Å². The Morgan fingerprint density at radius 3 is 2.33 bits per heavy atom. The molecule has 1 heterocycles. The Bertz CT molecular complexity index is 828. The molecule has 1 unspecified atom stereocenters. The van der Waals surface area contributed by atoms with Gasteiger partial charge in [0.05, 0.1) is 17.6 Å². The van der Waals surface area contributed by atoms with Crippen LogP contribution in [0.1, 0.15) is 64.5 Å². The highest BCUT2D eigenvalue weighted by Crippen LogP contribution is 2.47. The maximum Gasteiger partial charge on any atom is 0.336 e. The maximum atomic E-state index is 13.1. The lowest BCUT2D eigenvalue weighted by atomic mass is 9.63. The number of esters is 1. The number of carbonyl (C=O) groups excluding carboxylic acids is 2. The number of Topliss-reactive ketones (excluding diaryl/α,β-unsaturated/α-hetero) is 1. The molecule has 1 fully saturated rings. The quantitative estimate of drug-likeness (QED) is 0.724. The Labute approximate surface area is 161 Å². The first-order valence-electron chi connectivity index (χ1n) is 9.67. The van der Waals surface area contributed by atoms with Crippen molar-refractivity contribution in [3.63, 3.8) is 0 Å². The van der Waals surface area contributed by atoms with Crippen LogP contribution in [0.25, 0.3) is 0 Å². The topological polar surface area (TPSA) is 55.7 Å². The van der Waals surface area contributed by atoms with Gasteiger partial charge in [-0.05, 0) is 45.1 Å². The highest BCUT2D eigenvalue weighted by molar-refractivity contribution is 6.12. The number of hydrogen-bond donors (Lipinski definition) is 0. The average Bonchev–Trinajstić information content (AvgIpc) is 2.52. The van der Waals surface area contributed by atoms with Gasteiger partial charge >= 0.3 is 5.97 Å². The molecule has 1 aromatic carbocycles. The third-order valence-corrected chi connectivity index (χ3v) is 5.36. The number of fused-ring (bicyclic) bond motifs is 1. The average molecular weight is 367 g/mol. The van der Waals surface area contributed by atoms with Crippen LogP contribution in [0.15, 0.2) is 40.5 Å². The fraction of sp³-hybridized carbons (Fsp3) is 0.522. The normalized spacial score (nSPS) is 24.6. The second kappa shape index (κ2) is 7.06. The molecule has 2 atom stereocenters. The third kappa shape index (κ3) is 3.90. The molecule has 1 aromatic rings. The number of allylic oxidation sites excluding steroid dienone is 1. The van der Waals surface area contributed by atoms with Crippen LogP contribution < -0.4 is 0 Å². The Kier molecular flexibility index (Phi) is 5.11. The zero-order valence-electron chi connectivity index (χ0n) is 17.1. The van der Waals surface area contributed by atoms with Crippen LogP contribution in [0.2, 0.25) is 0 Å². The predicted molar refractivity (Wildman–Crippen MR) is 107 cm³/mol. The van der Waals surface area contributed by atoms with Crippen LogP contribution in [0.3, 0.4) is 0 Å². The van der Waals surface area contributed by atoms with Gasteiger partial charge in [0, 0.05) is 23.7 Å². The fourth-order valence-electron chi connectivity index (χ4n) is 4.27. The van der Waals surface area contributed by atoms with Gasteiger partial charge in [-0.25, -0.2) is 4.79 Å². The van der Waals surface area contributed by atoms with Gasteiger partial charge in [0.2, 0.25) is 0 Å². The van der Waals surface area contributed by atoms with Gasteiger partial charge in [-0.2, -0.15) is 0 Å². The van der Waals surface area contributed by atoms with Crippen molar-refractivity contribution >= 4 is 17.5 Å². The van der Waals surface area contributed by atoms with Gasteiger partial charge in [0.25, 0.3) is 0 Å². The highest BCUT2D eigenvalue weighted by Gasteiger charge is 2.47. The molecule has 0 radical (unpaired) electrons. The van der Waals surface area contributed by atoms with Gasteiger partial charge < -0.3 is 4.74 Å². The number of ketones is 1. The summed E-state index contributed by atoms with van der Waals surface area (Å²) < 4.78 is 5.51. The first-order valence-corrected chi connectivity index (χ1v) is 9.67. The lowest BCUT2D eigenvalue weighted by Crippen LogP contribution is -2.44. The van der Waals surface area contributed by atoms with E-state index in [1.165, 1.54) is 0 Å². The van der Waals surface area contributed by atoms with Crippen molar-refractivity contribution in [2.45, 2.75) is 66.4 Å². The van der Waals surface area contributed by atoms with E-state index in [2.05, 4.69) is 13.8 Å². The van der Waals surface area contributed by atoms with Crippen LogP contribution in [0, 0.1) is 18.3 Å². The van der Waals surface area contributed by atoms with Crippen molar-refractivity contribution in [2.24, 2.45) is 16.3 Å². The standard InChI is InChI=1S/C23H29NO3/c1-13(2)27-22(26)19-15(4)24-17-11-23(5,6)12-18(25)21(17)20(19)16-9-7-14(3)8-10-16/h7-10,13,20-21H,11-12H2,1-6H3/t20-,21?/m0/s1. The summed E-state index contributed by atoms with van der Waals surface area (Å²) in [7, 11) is 0. The second-order valence-corrected chi connectivity index (χ2v) is 8.91. The molecular weight excluding hydrogens is 338 g/mol. The molecule has 0 N–H and O–H groups in total. The number of hydrogen-bond acceptors (Lipinski definition) is 4. The largest absolute Gasteiger partial charge is 0.460 e. The molecule has 4 heteroatoms. The molecule has 3 rings (SSSR count). The highest BCUT2D eigenvalue weighted by atomic mass is 16.5. The SMILES string of the molecule is CC1=C(C(=O)OC(C)C)[C@H](c2ccc(C)cc2)C2C(=O)CC(C)(C)CC2=N1. The number of aryl methyl sites for hydroxylation is 1. The van der Waals surface area contributed by atoms with E-state index in [9.17, 15) is 9.59 Å². The predicted octanol–water partition coefficient (Wildman–Crippen LogP) is 4.76. The summed E-state index contributed by atoms with van der Waals surface area (Å²) in [4.78, 5) is 30.8. The lowest BCUT2D eigenvalue weighted by molar-refractivity contribution is -0.143. The van der Waals surface area contributed by atoms with E-state index in [-0.39, 0.29) is 35.1 Å². The van der Waals surface area contributed by atoms with E-state index in [4.69, 9.17) is 9.73 Å². The molecule has 2 aliphatic rings. The monoisotopic (exact) mass is 367 g/mol. The molecule has 144 valence electrons. The summed E-state index contributed by atoms with van der Waals surface area (Å²) in [5.74, 6) is -0.904. The molecule has 0 amide bonds. The zero-order chi connectivity index (χ0) is 19.9. The summed E-state index contributed by atoms with van der Waals surface area (Å²) in [6.07, 6.45) is 1.06. The second-order valence-electron chi connectivity index (χ2n) is 8.91. The molecule has 0 aromatic heterocycles. The third-order valence-electron chi connectivity index (χ3n) is 5.36. The molecule has 0 saturated heterocycles. The Morgan fingerprint density at radius 2 is 1.74 bits per heavy atom. The van der Waals surface area contributed by atoms with Crippen molar-refractivity contribution in [3.05, 3.63) is 46.7 Å². The number of benzene rings is 1. The number of carbonyl (C=O) groups is 2. The van der Waals surface area contributed by atoms with Crippen LogP contribution in [-0.2, 0) is 14.3 Å². The number of rotatable bonds is 3. The van der Waals surface area contributed by atoms with Gasteiger partial charge in [-0.3, -0.25) is 9.79 Å². The van der Waals surface area contributed by atoms with E-state index in [1.54, 1.807) is 0 Å². The van der Waals surface area contributed by atoms with Crippen molar-refractivity contribution in [2.75, 3.05) is 0 Å². The Hall–Kier alpha value is -2.23. The van der Waals surface area contributed by atoms with Gasteiger partial charge in [-0.15, -0.1) is 0 Å². The van der Waals surface area contributed by atoms with Gasteiger partial charge in [0.1, 0.15) is 5.78 Å². The fourth-order valence-corrected chi connectivity index (χ4v) is 4.27. The zero-order valence-corrected chi connectivity index (χ0v) is 17.1. The molecule has 27 heavy (non-hydrogen) atoms. The van der Waals surface area contributed by atoms with Gasteiger partial charge in [-0.1, -0.05) is 43.7 Å². The summed E-state index contributed by atoms with van der Waals surface area (Å²) in [5, 5.41) is 0. The molecular formula is C23H29NO3. The maximum absolute atomic E-state index is 13.1. The smallest absolute Gasteiger partial charge is 0.336 e. The Balaban J connectivity index is 2.15. The van der Waals surface area contributed by atoms with Crippen molar-refractivity contribution in [1.29, 1.82) is 0 Å². The molecule has 1 aliphatic heterocycles. The summed E-state index contributed by atoms with van der Waals surface area (Å²) >= 11 is 0. The number of ether oxygens (including phenoxy) is 1. The van der Waals surface area contributed by atoms with Crippen molar-refractivity contribution in [1.82, 2.24) is 0 Å². The summed E-state index contributed by atoms with van der Waals surface area (Å²) in [6, 6.07) is 8.09. The van der Waals surface area contributed by atoms with Crippen molar-refractivity contribution in [3.8, 4) is 0 Å². The Morgan fingerprint density at radius 1 is 1.11 bits per heavy atom. The minimum absolute atomic E-state index is 0.0968. The van der Waals surface area contributed by atoms with E-state index in [0.717, 1.165) is 23.3 Å². The first kappa shape index (κ1) is 19.5. The molecule has 1 saturated carbocycles. The molecule has 0 bridgehead atoms. The van der Waals surface area contributed by atoms with E-state index < -0.39 is 0 Å². The summed E-state index contributed by atoms with van der Waals surface area (Å²) in [6.45, 7) is 11.8. The number of nitrogens with zero attached hydrogens (tertiary/aromatic N) is 1. The van der Waals surface area contributed by atoms with E-state index in [0.29, 0.717) is 17.7 Å². The van der Waals surface area contributed by atoms with Crippen LogP contribution in [0.5, 0.6) is 0 Å². The number of aliphatic imine (C=N–C) groups is 1. The minimum Gasteiger partial charge on any atom is -0.460 e. The van der Waals surface area contributed by atoms with E-state index in [1.807, 2.05) is 52.0 Å². The molecule has 1 aliphatic carbocycles. The van der Waals surface area contributed by atoms with E-state index >= 15 is 0 Å².